The molecule has 0 bridgehead atoms. The average molecular weight is 266 g/mol. The number of anilines is 1. The highest BCUT2D eigenvalue weighted by Gasteiger charge is 2.18. The third-order valence-corrected chi connectivity index (χ3v) is 3.30. The first-order valence-corrected chi connectivity index (χ1v) is 6.43. The van der Waals surface area contributed by atoms with Crippen LogP contribution in [0.1, 0.15) is 25.7 Å². The van der Waals surface area contributed by atoms with E-state index in [2.05, 4.69) is 10.6 Å². The standard InChI is InChI=1S/C13H15FN2OS/c14-9-5-7-11(8-6-9)15-12(17)13(18)16-10-3-1-2-4-10/h5-8,10H,1-4H2,(H,15,17)(H,16,18). The first kappa shape index (κ1) is 13.0. The van der Waals surface area contributed by atoms with Gasteiger partial charge in [0, 0.05) is 11.7 Å². The van der Waals surface area contributed by atoms with Gasteiger partial charge in [0.15, 0.2) is 4.99 Å². The lowest BCUT2D eigenvalue weighted by atomic mass is 10.2. The summed E-state index contributed by atoms with van der Waals surface area (Å²) in [5.74, 6) is -0.678. The zero-order chi connectivity index (χ0) is 13.0. The fraction of sp³-hybridized carbons (Fsp3) is 0.385. The van der Waals surface area contributed by atoms with Gasteiger partial charge in [-0.3, -0.25) is 4.79 Å². The van der Waals surface area contributed by atoms with Gasteiger partial charge in [-0.15, -0.1) is 0 Å². The van der Waals surface area contributed by atoms with Crippen molar-refractivity contribution in [1.29, 1.82) is 0 Å². The molecule has 0 heterocycles. The van der Waals surface area contributed by atoms with E-state index in [0.717, 1.165) is 12.8 Å². The molecule has 2 N–H and O–H groups in total. The van der Waals surface area contributed by atoms with E-state index < -0.39 is 0 Å². The monoisotopic (exact) mass is 266 g/mol. The number of thiocarbonyl (C=S) groups is 1. The van der Waals surface area contributed by atoms with Crippen molar-refractivity contribution in [3.63, 3.8) is 0 Å². The Morgan fingerprint density at radius 1 is 1.22 bits per heavy atom. The highest BCUT2D eigenvalue weighted by molar-refractivity contribution is 7.82. The van der Waals surface area contributed by atoms with E-state index in [9.17, 15) is 9.18 Å². The number of hydrogen-bond donors (Lipinski definition) is 2. The molecule has 1 aliphatic rings. The topological polar surface area (TPSA) is 41.1 Å². The molecule has 1 aromatic carbocycles. The van der Waals surface area contributed by atoms with E-state index >= 15 is 0 Å². The molecule has 1 fully saturated rings. The molecule has 3 nitrogen and oxygen atoms in total. The van der Waals surface area contributed by atoms with Crippen molar-refractivity contribution < 1.29 is 9.18 Å². The molecule has 0 radical (unpaired) electrons. The van der Waals surface area contributed by atoms with Crippen LogP contribution in [0.25, 0.3) is 0 Å². The van der Waals surface area contributed by atoms with Gasteiger partial charge in [0.1, 0.15) is 5.82 Å². The highest BCUT2D eigenvalue weighted by Crippen LogP contribution is 2.17. The van der Waals surface area contributed by atoms with Gasteiger partial charge in [0.05, 0.1) is 0 Å². The van der Waals surface area contributed by atoms with Gasteiger partial charge in [-0.05, 0) is 37.1 Å². The van der Waals surface area contributed by atoms with Crippen LogP contribution in [0.2, 0.25) is 0 Å². The van der Waals surface area contributed by atoms with Crippen molar-refractivity contribution >= 4 is 28.8 Å². The SMILES string of the molecule is O=C(Nc1ccc(F)cc1)C(=S)NC1CCCC1. The molecule has 1 amide bonds. The van der Waals surface area contributed by atoms with E-state index in [-0.39, 0.29) is 16.7 Å². The summed E-state index contributed by atoms with van der Waals surface area (Å²) < 4.78 is 12.7. The normalized spacial score (nSPS) is 15.4. The maximum absolute atomic E-state index is 12.7. The van der Waals surface area contributed by atoms with Crippen LogP contribution in [0, 0.1) is 5.82 Å². The van der Waals surface area contributed by atoms with Crippen molar-refractivity contribution in [2.45, 2.75) is 31.7 Å². The first-order chi connectivity index (χ1) is 8.65. The molecule has 2 rings (SSSR count). The summed E-state index contributed by atoms with van der Waals surface area (Å²) in [6, 6.07) is 5.92. The molecule has 96 valence electrons. The van der Waals surface area contributed by atoms with Crippen LogP contribution in [0.4, 0.5) is 10.1 Å². The Bertz CT molecular complexity index is 441. The molecule has 1 saturated carbocycles. The molecular formula is C13H15FN2OS. The quantitative estimate of drug-likeness (QED) is 0.809. The first-order valence-electron chi connectivity index (χ1n) is 6.02. The van der Waals surface area contributed by atoms with Crippen LogP contribution < -0.4 is 10.6 Å². The van der Waals surface area contributed by atoms with Crippen LogP contribution in [0.3, 0.4) is 0 Å². The van der Waals surface area contributed by atoms with Crippen LogP contribution >= 0.6 is 12.2 Å². The van der Waals surface area contributed by atoms with E-state index in [0.29, 0.717) is 11.7 Å². The van der Waals surface area contributed by atoms with Crippen molar-refractivity contribution in [1.82, 2.24) is 5.32 Å². The second kappa shape index (κ2) is 5.91. The predicted molar refractivity (Wildman–Crippen MR) is 73.0 cm³/mol. The summed E-state index contributed by atoms with van der Waals surface area (Å²) in [7, 11) is 0. The maximum Gasteiger partial charge on any atom is 0.283 e. The van der Waals surface area contributed by atoms with Crippen molar-refractivity contribution in [2.24, 2.45) is 0 Å². The van der Waals surface area contributed by atoms with E-state index in [1.54, 1.807) is 0 Å². The number of nitrogens with one attached hydrogen (secondary N) is 2. The molecule has 1 aromatic rings. The van der Waals surface area contributed by atoms with E-state index in [4.69, 9.17) is 12.2 Å². The lowest BCUT2D eigenvalue weighted by Gasteiger charge is -2.14. The number of amides is 1. The number of rotatable bonds is 2. The number of hydrogen-bond acceptors (Lipinski definition) is 2. The zero-order valence-electron chi connectivity index (χ0n) is 9.91. The summed E-state index contributed by atoms with van der Waals surface area (Å²) in [6.07, 6.45) is 4.48. The van der Waals surface area contributed by atoms with Crippen molar-refractivity contribution in [2.75, 3.05) is 5.32 Å². The highest BCUT2D eigenvalue weighted by atomic mass is 32.1. The van der Waals surface area contributed by atoms with Gasteiger partial charge in [0.25, 0.3) is 5.91 Å². The second-order valence-corrected chi connectivity index (χ2v) is 4.82. The molecule has 5 heteroatoms. The fourth-order valence-corrected chi connectivity index (χ4v) is 2.26. The molecule has 0 aliphatic heterocycles. The lowest BCUT2D eigenvalue weighted by Crippen LogP contribution is -2.39. The zero-order valence-corrected chi connectivity index (χ0v) is 10.7. The molecule has 0 spiro atoms. The fourth-order valence-electron chi connectivity index (χ4n) is 2.04. The number of benzene rings is 1. The Labute approximate surface area is 111 Å². The molecule has 18 heavy (non-hydrogen) atoms. The van der Waals surface area contributed by atoms with Crippen molar-refractivity contribution in [3.05, 3.63) is 30.1 Å². The van der Waals surface area contributed by atoms with Gasteiger partial charge in [-0.1, -0.05) is 25.1 Å². The smallest absolute Gasteiger partial charge is 0.283 e. The molecule has 0 unspecified atom stereocenters. The largest absolute Gasteiger partial charge is 0.369 e. The molecule has 1 aliphatic carbocycles. The predicted octanol–water partition coefficient (Wildman–Crippen LogP) is 2.62. The Morgan fingerprint density at radius 2 is 1.83 bits per heavy atom. The van der Waals surface area contributed by atoms with Crippen LogP contribution in [0.15, 0.2) is 24.3 Å². The van der Waals surface area contributed by atoms with Gasteiger partial charge in [-0.2, -0.15) is 0 Å². The lowest BCUT2D eigenvalue weighted by molar-refractivity contribution is -0.110. The van der Waals surface area contributed by atoms with Gasteiger partial charge >= 0.3 is 0 Å². The Kier molecular flexibility index (Phi) is 4.25. The number of halogens is 1. The van der Waals surface area contributed by atoms with Gasteiger partial charge in [-0.25, -0.2) is 4.39 Å². The molecule has 0 aromatic heterocycles. The maximum atomic E-state index is 12.7. The molecular weight excluding hydrogens is 251 g/mol. The molecule has 0 saturated heterocycles. The van der Waals surface area contributed by atoms with Gasteiger partial charge < -0.3 is 10.6 Å². The van der Waals surface area contributed by atoms with E-state index in [1.165, 1.54) is 37.1 Å². The third-order valence-electron chi connectivity index (χ3n) is 3.00. The second-order valence-electron chi connectivity index (χ2n) is 4.42. The van der Waals surface area contributed by atoms with Crippen LogP contribution in [0.5, 0.6) is 0 Å². The minimum Gasteiger partial charge on any atom is -0.369 e. The minimum absolute atomic E-state index is 0.200. The molecule has 0 atom stereocenters. The minimum atomic E-state index is -0.344. The van der Waals surface area contributed by atoms with Crippen LogP contribution in [-0.2, 0) is 4.79 Å². The third kappa shape index (κ3) is 3.50. The number of carbonyl (C=O) groups is 1. The summed E-state index contributed by atoms with van der Waals surface area (Å²) in [6.45, 7) is 0. The Morgan fingerprint density at radius 3 is 2.44 bits per heavy atom. The Balaban J connectivity index is 1.86. The Hall–Kier alpha value is -1.49. The number of carbonyl (C=O) groups excluding carboxylic acids is 1. The van der Waals surface area contributed by atoms with E-state index in [1.807, 2.05) is 0 Å². The van der Waals surface area contributed by atoms with Crippen molar-refractivity contribution in [3.8, 4) is 0 Å². The van der Waals surface area contributed by atoms with Crippen LogP contribution in [-0.4, -0.2) is 16.9 Å². The summed E-state index contributed by atoms with van der Waals surface area (Å²) in [4.78, 5) is 12.0. The average Bonchev–Trinajstić information content (AvgIpc) is 2.85. The summed E-state index contributed by atoms with van der Waals surface area (Å²) >= 11 is 5.04. The summed E-state index contributed by atoms with van der Waals surface area (Å²) in [5, 5.41) is 5.69. The van der Waals surface area contributed by atoms with Gasteiger partial charge in [0.2, 0.25) is 0 Å². The summed E-state index contributed by atoms with van der Waals surface area (Å²) in [5.41, 5.74) is 0.539.